The minimum absolute atomic E-state index is 0.0886. The molecule has 0 fully saturated rings. The molecule has 0 radical (unpaired) electrons. The van der Waals surface area contributed by atoms with Crippen LogP contribution in [-0.4, -0.2) is 39.3 Å². The summed E-state index contributed by atoms with van der Waals surface area (Å²) in [5.74, 6) is 0.214. The Morgan fingerprint density at radius 3 is 2.71 bits per heavy atom. The van der Waals surface area contributed by atoms with Crippen LogP contribution in [0.2, 0.25) is 0 Å². The number of hydrogen-bond donors (Lipinski definition) is 2. The lowest BCUT2D eigenvalue weighted by atomic mass is 10.2. The Morgan fingerprint density at radius 1 is 1.35 bits per heavy atom. The van der Waals surface area contributed by atoms with Crippen LogP contribution in [0.1, 0.15) is 12.2 Å². The average molecular weight is 237 g/mol. The highest BCUT2D eigenvalue weighted by molar-refractivity contribution is 5.62. The van der Waals surface area contributed by atoms with E-state index in [0.717, 1.165) is 0 Å². The van der Waals surface area contributed by atoms with Gasteiger partial charge in [-0.1, -0.05) is 0 Å². The van der Waals surface area contributed by atoms with Gasteiger partial charge in [0.25, 0.3) is 10.9 Å². The van der Waals surface area contributed by atoms with Crippen molar-refractivity contribution in [3.05, 3.63) is 26.3 Å². The Bertz CT molecular complexity index is 570. The van der Waals surface area contributed by atoms with Crippen molar-refractivity contribution in [2.75, 3.05) is 18.5 Å². The molecule has 1 aromatic heterocycles. The van der Waals surface area contributed by atoms with E-state index in [4.69, 9.17) is 0 Å². The van der Waals surface area contributed by atoms with Crippen LogP contribution in [0.3, 0.4) is 0 Å². The summed E-state index contributed by atoms with van der Waals surface area (Å²) in [6.45, 7) is 0.527. The zero-order valence-electron chi connectivity index (χ0n) is 9.17. The van der Waals surface area contributed by atoms with Crippen LogP contribution in [0.4, 0.5) is 5.69 Å². The largest absolute Gasteiger partial charge is 0.502 e. The Morgan fingerprint density at radius 2 is 2.12 bits per heavy atom. The summed E-state index contributed by atoms with van der Waals surface area (Å²) < 4.78 is 0. The molecule has 0 aliphatic heterocycles. The molecule has 2 N–H and O–H groups in total. The van der Waals surface area contributed by atoms with Gasteiger partial charge in [0.1, 0.15) is 11.5 Å². The number of aryl methyl sites for hydroxylation is 1. The Balaban J connectivity index is 1.88. The van der Waals surface area contributed by atoms with Gasteiger partial charge in [-0.3, -0.25) is 9.59 Å². The molecule has 0 saturated heterocycles. The predicted octanol–water partition coefficient (Wildman–Crippen LogP) is -1.43. The molecule has 0 unspecified atom stereocenters. The summed E-state index contributed by atoms with van der Waals surface area (Å²) in [6, 6.07) is 0. The molecule has 17 heavy (non-hydrogen) atoms. The fourth-order valence-corrected chi connectivity index (χ4v) is 1.60. The Kier molecular flexibility index (Phi) is 2.86. The zero-order valence-corrected chi connectivity index (χ0v) is 9.17. The molecule has 0 atom stereocenters. The third kappa shape index (κ3) is 2.01. The van der Waals surface area contributed by atoms with E-state index in [2.05, 4.69) is 20.6 Å². The van der Waals surface area contributed by atoms with Crippen molar-refractivity contribution < 1.29 is 5.11 Å². The number of tetrazole rings is 1. The maximum absolute atomic E-state index is 11.2. The van der Waals surface area contributed by atoms with E-state index in [-0.39, 0.29) is 5.69 Å². The average Bonchev–Trinajstić information content (AvgIpc) is 2.82. The number of rotatable bonds is 5. The number of aromatic nitrogens is 4. The van der Waals surface area contributed by atoms with Crippen LogP contribution in [-0.2, 0) is 6.42 Å². The molecule has 2 aromatic rings. The monoisotopic (exact) mass is 237 g/mol. The van der Waals surface area contributed by atoms with Crippen molar-refractivity contribution in [1.82, 2.24) is 20.6 Å². The normalized spacial score (nSPS) is 10.9. The maximum Gasteiger partial charge on any atom is 0.271 e. The molecule has 0 spiro atoms. The number of aromatic amines is 1. The molecule has 2 rings (SSSR count). The second-order valence-corrected chi connectivity index (χ2v) is 3.73. The van der Waals surface area contributed by atoms with Gasteiger partial charge in [-0.05, 0) is 16.8 Å². The second kappa shape index (κ2) is 4.32. The highest BCUT2D eigenvalue weighted by Crippen LogP contribution is 2.19. The van der Waals surface area contributed by atoms with E-state index in [1.54, 1.807) is 11.9 Å². The highest BCUT2D eigenvalue weighted by atomic mass is 16.3. The van der Waals surface area contributed by atoms with Gasteiger partial charge in [0.2, 0.25) is 0 Å². The summed E-state index contributed by atoms with van der Waals surface area (Å²) in [7, 11) is 1.65. The highest BCUT2D eigenvalue weighted by Gasteiger charge is 2.22. The number of anilines is 1. The van der Waals surface area contributed by atoms with E-state index >= 15 is 0 Å². The van der Waals surface area contributed by atoms with Crippen LogP contribution in [0, 0.1) is 0 Å². The minimum atomic E-state index is -0.814. The van der Waals surface area contributed by atoms with Gasteiger partial charge in [0, 0.05) is 20.0 Å². The Labute approximate surface area is 95.6 Å². The summed E-state index contributed by atoms with van der Waals surface area (Å²) in [6.07, 6.45) is 1.33. The van der Waals surface area contributed by atoms with Crippen molar-refractivity contribution >= 4 is 5.69 Å². The standard InChI is InChI=1S/C9H11N5O3/c1-14(6-7(15)9(17)8(6)16)4-2-3-5-10-12-13-11-5/h15H,2-4H2,1H3,(H,10,11,12,13). The zero-order chi connectivity index (χ0) is 12.4. The molecule has 0 amide bonds. The van der Waals surface area contributed by atoms with E-state index < -0.39 is 16.6 Å². The van der Waals surface area contributed by atoms with Gasteiger partial charge in [-0.2, -0.15) is 0 Å². The number of nitrogens with zero attached hydrogens (tertiary/aromatic N) is 4. The molecule has 0 saturated carbocycles. The van der Waals surface area contributed by atoms with Crippen molar-refractivity contribution in [2.24, 2.45) is 0 Å². The lowest BCUT2D eigenvalue weighted by molar-refractivity contribution is 0.462. The van der Waals surface area contributed by atoms with Crippen molar-refractivity contribution in [2.45, 2.75) is 12.8 Å². The molecule has 8 heteroatoms. The fraction of sp³-hybridized carbons (Fsp3) is 0.444. The van der Waals surface area contributed by atoms with Gasteiger partial charge in [-0.15, -0.1) is 5.10 Å². The van der Waals surface area contributed by atoms with Gasteiger partial charge < -0.3 is 10.0 Å². The van der Waals surface area contributed by atoms with Gasteiger partial charge in [0.05, 0.1) is 0 Å². The van der Waals surface area contributed by atoms with Gasteiger partial charge in [0.15, 0.2) is 5.75 Å². The molecule has 1 aromatic carbocycles. The lowest BCUT2D eigenvalue weighted by Gasteiger charge is -2.20. The number of nitrogens with one attached hydrogen (secondary N) is 1. The van der Waals surface area contributed by atoms with Crippen LogP contribution < -0.4 is 15.8 Å². The van der Waals surface area contributed by atoms with E-state index in [0.29, 0.717) is 25.2 Å². The Hall–Kier alpha value is -2.25. The summed E-state index contributed by atoms with van der Waals surface area (Å²) in [4.78, 5) is 23.5. The summed E-state index contributed by atoms with van der Waals surface area (Å²) in [5, 5.41) is 22.4. The number of hydrogen-bond acceptors (Lipinski definition) is 7. The predicted molar refractivity (Wildman–Crippen MR) is 58.8 cm³/mol. The maximum atomic E-state index is 11.2. The summed E-state index contributed by atoms with van der Waals surface area (Å²) in [5.41, 5.74) is -1.36. The number of H-pyrrole nitrogens is 1. The third-order valence-corrected chi connectivity index (χ3v) is 2.54. The first kappa shape index (κ1) is 11.2. The van der Waals surface area contributed by atoms with Crippen LogP contribution >= 0.6 is 0 Å². The minimum Gasteiger partial charge on any atom is -0.502 e. The first-order chi connectivity index (χ1) is 8.11. The molecule has 0 aliphatic rings. The fourth-order valence-electron chi connectivity index (χ4n) is 1.60. The molecule has 1 heterocycles. The topological polar surface area (TPSA) is 112 Å². The molecular weight excluding hydrogens is 226 g/mol. The molecule has 0 bridgehead atoms. The van der Waals surface area contributed by atoms with E-state index in [9.17, 15) is 14.7 Å². The third-order valence-electron chi connectivity index (χ3n) is 2.54. The molecule has 0 aliphatic carbocycles. The van der Waals surface area contributed by atoms with E-state index in [1.807, 2.05) is 0 Å². The van der Waals surface area contributed by atoms with Crippen LogP contribution in [0.25, 0.3) is 0 Å². The SMILES string of the molecule is CN(CCCc1nnn[nH]1)c1c(O)c(=O)c1=O. The first-order valence-corrected chi connectivity index (χ1v) is 5.07. The van der Waals surface area contributed by atoms with Gasteiger partial charge >= 0.3 is 0 Å². The molecule has 90 valence electrons. The van der Waals surface area contributed by atoms with Gasteiger partial charge in [-0.25, -0.2) is 5.10 Å². The molecule has 8 nitrogen and oxygen atoms in total. The molecular formula is C9H11N5O3. The van der Waals surface area contributed by atoms with Crippen molar-refractivity contribution in [3.8, 4) is 5.75 Å². The van der Waals surface area contributed by atoms with Crippen LogP contribution in [0.15, 0.2) is 9.59 Å². The van der Waals surface area contributed by atoms with Crippen molar-refractivity contribution in [3.63, 3.8) is 0 Å². The summed E-state index contributed by atoms with van der Waals surface area (Å²) >= 11 is 0. The number of aromatic hydroxyl groups is 1. The second-order valence-electron chi connectivity index (χ2n) is 3.73. The smallest absolute Gasteiger partial charge is 0.271 e. The quantitative estimate of drug-likeness (QED) is 0.613. The first-order valence-electron chi connectivity index (χ1n) is 5.07. The van der Waals surface area contributed by atoms with Crippen molar-refractivity contribution in [1.29, 1.82) is 0 Å². The van der Waals surface area contributed by atoms with Crippen LogP contribution in [0.5, 0.6) is 5.75 Å². The lowest BCUT2D eigenvalue weighted by Crippen LogP contribution is -2.38. The van der Waals surface area contributed by atoms with E-state index in [1.165, 1.54) is 0 Å².